The zero-order chi connectivity index (χ0) is 20.8. The number of aromatic nitrogens is 3. The Bertz CT molecular complexity index is 794. The molecule has 2 heterocycles. The van der Waals surface area contributed by atoms with Gasteiger partial charge in [0.15, 0.2) is 5.82 Å². The predicted molar refractivity (Wildman–Crippen MR) is 107 cm³/mol. The van der Waals surface area contributed by atoms with Crippen LogP contribution in [0.25, 0.3) is 0 Å². The van der Waals surface area contributed by atoms with Gasteiger partial charge in [0.05, 0.1) is 0 Å². The Hall–Kier alpha value is -2.90. The summed E-state index contributed by atoms with van der Waals surface area (Å²) in [6.45, 7) is 9.60. The van der Waals surface area contributed by atoms with Crippen LogP contribution in [0.1, 0.15) is 46.6 Å². The van der Waals surface area contributed by atoms with Gasteiger partial charge in [-0.2, -0.15) is 5.10 Å². The molecule has 28 heavy (non-hydrogen) atoms. The molecule has 0 aliphatic rings. The van der Waals surface area contributed by atoms with E-state index < -0.39 is 17.2 Å². The molecular formula is C20H29N5O3. The smallest absolute Gasteiger partial charge is 0.408 e. The van der Waals surface area contributed by atoms with Crippen LogP contribution in [0.3, 0.4) is 0 Å². The number of rotatable bonds is 7. The number of nitrogens with one attached hydrogen (secondary N) is 2. The molecule has 0 unspecified atom stereocenters. The zero-order valence-electron chi connectivity index (χ0n) is 17.2. The average molecular weight is 387 g/mol. The van der Waals surface area contributed by atoms with Gasteiger partial charge in [0, 0.05) is 43.2 Å². The third-order valence-corrected chi connectivity index (χ3v) is 3.73. The average Bonchev–Trinajstić information content (AvgIpc) is 2.98. The van der Waals surface area contributed by atoms with Gasteiger partial charge in [-0.1, -0.05) is 0 Å². The first-order valence-corrected chi connectivity index (χ1v) is 9.26. The highest BCUT2D eigenvalue weighted by Gasteiger charge is 2.27. The minimum absolute atomic E-state index is 0.0934. The molecule has 2 rings (SSSR count). The van der Waals surface area contributed by atoms with Gasteiger partial charge in [0.2, 0.25) is 5.91 Å². The van der Waals surface area contributed by atoms with Gasteiger partial charge < -0.3 is 15.4 Å². The van der Waals surface area contributed by atoms with Crippen LogP contribution in [-0.2, 0) is 22.5 Å². The number of amides is 2. The van der Waals surface area contributed by atoms with Gasteiger partial charge in [0.1, 0.15) is 5.60 Å². The van der Waals surface area contributed by atoms with Crippen LogP contribution in [0.4, 0.5) is 10.6 Å². The fraction of sp³-hybridized carbons (Fsp3) is 0.500. The third-order valence-electron chi connectivity index (χ3n) is 3.73. The molecule has 0 radical (unpaired) electrons. The fourth-order valence-corrected chi connectivity index (χ4v) is 2.56. The van der Waals surface area contributed by atoms with Crippen molar-refractivity contribution in [3.63, 3.8) is 0 Å². The number of hydrogen-bond acceptors (Lipinski definition) is 5. The molecule has 0 bridgehead atoms. The summed E-state index contributed by atoms with van der Waals surface area (Å²) in [5, 5.41) is 9.85. The lowest BCUT2D eigenvalue weighted by molar-refractivity contribution is -0.117. The summed E-state index contributed by atoms with van der Waals surface area (Å²) >= 11 is 0. The Morgan fingerprint density at radius 1 is 1.11 bits per heavy atom. The molecule has 0 spiro atoms. The second-order valence-electron chi connectivity index (χ2n) is 8.31. The van der Waals surface area contributed by atoms with Crippen LogP contribution in [0.15, 0.2) is 36.8 Å². The van der Waals surface area contributed by atoms with E-state index in [1.165, 1.54) is 5.56 Å². The first-order valence-electron chi connectivity index (χ1n) is 9.26. The van der Waals surface area contributed by atoms with Crippen LogP contribution in [0, 0.1) is 0 Å². The molecule has 0 aliphatic carbocycles. The molecule has 2 amide bonds. The van der Waals surface area contributed by atoms with E-state index in [1.54, 1.807) is 57.8 Å². The quantitative estimate of drug-likeness (QED) is 0.760. The predicted octanol–water partition coefficient (Wildman–Crippen LogP) is 3.15. The summed E-state index contributed by atoms with van der Waals surface area (Å²) in [7, 11) is 0. The van der Waals surface area contributed by atoms with Crippen LogP contribution < -0.4 is 10.6 Å². The summed E-state index contributed by atoms with van der Waals surface area (Å²) in [5.41, 5.74) is -0.173. The number of carbonyl (C=O) groups is 2. The highest BCUT2D eigenvalue weighted by atomic mass is 16.6. The maximum atomic E-state index is 12.3. The summed E-state index contributed by atoms with van der Waals surface area (Å²) in [5.74, 6) is 0.244. The molecule has 0 saturated carbocycles. The fourth-order valence-electron chi connectivity index (χ4n) is 2.56. The number of ether oxygens (including phenoxy) is 1. The molecule has 8 heteroatoms. The Morgan fingerprint density at radius 2 is 1.79 bits per heavy atom. The van der Waals surface area contributed by atoms with Crippen molar-refractivity contribution in [1.82, 2.24) is 20.1 Å². The van der Waals surface area contributed by atoms with E-state index in [2.05, 4.69) is 20.7 Å². The van der Waals surface area contributed by atoms with Crippen molar-refractivity contribution in [2.45, 2.75) is 65.1 Å². The van der Waals surface area contributed by atoms with Gasteiger partial charge in [-0.05, 0) is 58.7 Å². The van der Waals surface area contributed by atoms with E-state index in [-0.39, 0.29) is 12.3 Å². The topological polar surface area (TPSA) is 98.1 Å². The molecular weight excluding hydrogens is 358 g/mol. The summed E-state index contributed by atoms with van der Waals surface area (Å²) in [6, 6.07) is 5.68. The third kappa shape index (κ3) is 7.77. The molecule has 2 aromatic heterocycles. The van der Waals surface area contributed by atoms with Gasteiger partial charge >= 0.3 is 6.09 Å². The molecule has 2 N–H and O–H groups in total. The number of nitrogens with zero attached hydrogens (tertiary/aromatic N) is 3. The van der Waals surface area contributed by atoms with Crippen molar-refractivity contribution < 1.29 is 14.3 Å². The molecule has 0 aromatic carbocycles. The summed E-state index contributed by atoms with van der Waals surface area (Å²) in [6.07, 6.45) is 5.71. The van der Waals surface area contributed by atoms with E-state index in [0.717, 1.165) is 6.42 Å². The van der Waals surface area contributed by atoms with Crippen molar-refractivity contribution in [3.05, 3.63) is 42.4 Å². The lowest BCUT2D eigenvalue weighted by Crippen LogP contribution is -2.47. The van der Waals surface area contributed by atoms with Crippen LogP contribution >= 0.6 is 0 Å². The number of pyridine rings is 1. The van der Waals surface area contributed by atoms with Crippen molar-refractivity contribution in [2.75, 3.05) is 5.32 Å². The second-order valence-corrected chi connectivity index (χ2v) is 8.31. The maximum Gasteiger partial charge on any atom is 0.408 e. The Balaban J connectivity index is 1.82. The van der Waals surface area contributed by atoms with Crippen molar-refractivity contribution >= 4 is 17.8 Å². The van der Waals surface area contributed by atoms with E-state index in [4.69, 9.17) is 4.74 Å². The van der Waals surface area contributed by atoms with Gasteiger partial charge in [0.25, 0.3) is 0 Å². The van der Waals surface area contributed by atoms with Crippen molar-refractivity contribution in [2.24, 2.45) is 0 Å². The molecule has 2 aromatic rings. The number of hydrogen-bond donors (Lipinski definition) is 2. The molecule has 152 valence electrons. The molecule has 0 fully saturated rings. The highest BCUT2D eigenvalue weighted by molar-refractivity contribution is 5.90. The van der Waals surface area contributed by atoms with E-state index in [9.17, 15) is 9.59 Å². The maximum absolute atomic E-state index is 12.3. The number of carbonyl (C=O) groups excluding carboxylic acids is 2. The Labute approximate surface area is 165 Å². The zero-order valence-corrected chi connectivity index (χ0v) is 17.2. The van der Waals surface area contributed by atoms with E-state index in [1.807, 2.05) is 18.3 Å². The molecule has 0 aliphatic heterocycles. The summed E-state index contributed by atoms with van der Waals surface area (Å²) < 4.78 is 7.02. The standard InChI is InChI=1S/C20H29N5O3/c1-19(2,3)28-18(27)23-20(4,5)14-17(26)22-16-9-13-25(24-16)12-8-15-6-10-21-11-7-15/h6-7,9-11,13H,8,12,14H2,1-5H3,(H,23,27)(H,22,24,26). The Kier molecular flexibility index (Phi) is 6.77. The van der Waals surface area contributed by atoms with Crippen LogP contribution in [0.2, 0.25) is 0 Å². The van der Waals surface area contributed by atoms with E-state index in [0.29, 0.717) is 12.4 Å². The molecule has 0 saturated heterocycles. The normalized spacial score (nSPS) is 11.8. The lowest BCUT2D eigenvalue weighted by atomic mass is 10.0. The Morgan fingerprint density at radius 3 is 2.43 bits per heavy atom. The number of aryl methyl sites for hydroxylation is 2. The highest BCUT2D eigenvalue weighted by Crippen LogP contribution is 2.14. The van der Waals surface area contributed by atoms with Gasteiger partial charge in [-0.15, -0.1) is 0 Å². The minimum atomic E-state index is -0.754. The minimum Gasteiger partial charge on any atom is -0.444 e. The largest absolute Gasteiger partial charge is 0.444 e. The molecule has 0 atom stereocenters. The first kappa shape index (κ1) is 21.4. The van der Waals surface area contributed by atoms with Crippen molar-refractivity contribution in [1.29, 1.82) is 0 Å². The monoisotopic (exact) mass is 387 g/mol. The van der Waals surface area contributed by atoms with Crippen LogP contribution in [-0.4, -0.2) is 37.9 Å². The lowest BCUT2D eigenvalue weighted by Gasteiger charge is -2.28. The van der Waals surface area contributed by atoms with Crippen LogP contribution in [0.5, 0.6) is 0 Å². The van der Waals surface area contributed by atoms with Gasteiger partial charge in [-0.3, -0.25) is 14.5 Å². The number of alkyl carbamates (subject to hydrolysis) is 1. The second kappa shape index (κ2) is 8.86. The number of anilines is 1. The van der Waals surface area contributed by atoms with Crippen molar-refractivity contribution in [3.8, 4) is 0 Å². The SMILES string of the molecule is CC(C)(CC(=O)Nc1ccn(CCc2ccncc2)n1)NC(=O)OC(C)(C)C. The first-order chi connectivity index (χ1) is 13.0. The van der Waals surface area contributed by atoms with Gasteiger partial charge in [-0.25, -0.2) is 4.79 Å². The summed E-state index contributed by atoms with van der Waals surface area (Å²) in [4.78, 5) is 28.2. The molecule has 8 nitrogen and oxygen atoms in total. The van der Waals surface area contributed by atoms with E-state index >= 15 is 0 Å².